The van der Waals surface area contributed by atoms with Gasteiger partial charge < -0.3 is 14.6 Å². The fourth-order valence-electron chi connectivity index (χ4n) is 1.41. The largest absolute Gasteiger partial charge is 0.464 e. The van der Waals surface area contributed by atoms with Gasteiger partial charge in [0.1, 0.15) is 5.75 Å². The summed E-state index contributed by atoms with van der Waals surface area (Å²) in [5, 5.41) is 9.02. The number of aliphatic hydroxyl groups is 1. The number of carbonyl (C=O) groups excluding carboxylic acids is 1. The number of nitrogens with zero attached hydrogens (tertiary/aromatic N) is 2. The fraction of sp³-hybridized carbons (Fsp3) is 0.154. The highest BCUT2D eigenvalue weighted by atomic mass is 16.5. The Morgan fingerprint density at radius 2 is 2.16 bits per heavy atom. The van der Waals surface area contributed by atoms with Crippen LogP contribution in [0.15, 0.2) is 36.7 Å². The normalized spacial score (nSPS) is 10.0. The molecule has 1 aromatic carbocycles. The number of hydrogen-bond donors (Lipinski definition) is 1. The third-order valence-electron chi connectivity index (χ3n) is 2.33. The summed E-state index contributed by atoms with van der Waals surface area (Å²) in [6.07, 6.45) is 2.61. The lowest BCUT2D eigenvalue weighted by atomic mass is 10.2. The van der Waals surface area contributed by atoms with E-state index in [1.165, 1.54) is 19.5 Å². The van der Waals surface area contributed by atoms with Crippen LogP contribution < -0.4 is 4.74 Å². The van der Waals surface area contributed by atoms with Crippen LogP contribution in [0.5, 0.6) is 11.6 Å². The van der Waals surface area contributed by atoms with Crippen molar-refractivity contribution in [2.24, 2.45) is 0 Å². The van der Waals surface area contributed by atoms with Crippen molar-refractivity contribution in [2.45, 2.75) is 6.61 Å². The van der Waals surface area contributed by atoms with Gasteiger partial charge in [0.15, 0.2) is 5.69 Å². The van der Waals surface area contributed by atoms with Crippen molar-refractivity contribution in [3.8, 4) is 11.6 Å². The molecule has 6 heteroatoms. The fourth-order valence-corrected chi connectivity index (χ4v) is 1.41. The van der Waals surface area contributed by atoms with E-state index >= 15 is 0 Å². The third kappa shape index (κ3) is 3.26. The molecule has 0 aliphatic carbocycles. The Kier molecular flexibility index (Phi) is 4.04. The quantitative estimate of drug-likeness (QED) is 0.840. The zero-order valence-electron chi connectivity index (χ0n) is 10.2. The van der Waals surface area contributed by atoms with Crippen LogP contribution in [0.4, 0.5) is 0 Å². The van der Waals surface area contributed by atoms with Crippen LogP contribution in [0.25, 0.3) is 0 Å². The molecule has 0 aliphatic rings. The first kappa shape index (κ1) is 13.0. The number of benzene rings is 1. The van der Waals surface area contributed by atoms with Crippen LogP contribution in [0.2, 0.25) is 0 Å². The molecule has 19 heavy (non-hydrogen) atoms. The average molecular weight is 260 g/mol. The molecule has 0 fully saturated rings. The van der Waals surface area contributed by atoms with Gasteiger partial charge in [-0.1, -0.05) is 12.1 Å². The Hall–Kier alpha value is -2.47. The second kappa shape index (κ2) is 5.92. The zero-order chi connectivity index (χ0) is 13.7. The summed E-state index contributed by atoms with van der Waals surface area (Å²) in [5.41, 5.74) is 0.843. The Morgan fingerprint density at radius 1 is 1.32 bits per heavy atom. The topological polar surface area (TPSA) is 81.5 Å². The molecular weight excluding hydrogens is 248 g/mol. The molecule has 1 heterocycles. The molecule has 2 rings (SSSR count). The molecule has 0 unspecified atom stereocenters. The zero-order valence-corrected chi connectivity index (χ0v) is 10.2. The van der Waals surface area contributed by atoms with Gasteiger partial charge in [-0.25, -0.2) is 14.8 Å². The van der Waals surface area contributed by atoms with E-state index in [-0.39, 0.29) is 18.2 Å². The molecule has 0 bridgehead atoms. The number of esters is 1. The number of carbonyl (C=O) groups is 1. The Bertz CT molecular complexity index is 569. The van der Waals surface area contributed by atoms with Gasteiger partial charge in [0.2, 0.25) is 5.88 Å². The van der Waals surface area contributed by atoms with E-state index in [0.717, 1.165) is 5.56 Å². The van der Waals surface area contributed by atoms with Gasteiger partial charge in [-0.05, 0) is 17.7 Å². The molecule has 1 N–H and O–H groups in total. The van der Waals surface area contributed by atoms with E-state index in [1.807, 2.05) is 0 Å². The second-order valence-corrected chi connectivity index (χ2v) is 3.64. The number of hydrogen-bond acceptors (Lipinski definition) is 6. The highest BCUT2D eigenvalue weighted by Gasteiger charge is 2.08. The number of aromatic nitrogens is 2. The van der Waals surface area contributed by atoms with E-state index in [2.05, 4.69) is 14.7 Å². The van der Waals surface area contributed by atoms with Crippen molar-refractivity contribution < 1.29 is 19.4 Å². The number of aliphatic hydroxyl groups excluding tert-OH is 1. The van der Waals surface area contributed by atoms with Gasteiger partial charge in [-0.2, -0.15) is 0 Å². The SMILES string of the molecule is COC(=O)c1cnc(Oc2cccc(CO)c2)cn1. The van der Waals surface area contributed by atoms with Crippen LogP contribution in [-0.4, -0.2) is 28.2 Å². The molecular formula is C13H12N2O4. The first-order chi connectivity index (χ1) is 9.22. The predicted molar refractivity (Wildman–Crippen MR) is 65.8 cm³/mol. The van der Waals surface area contributed by atoms with Crippen LogP contribution in [0.3, 0.4) is 0 Å². The van der Waals surface area contributed by atoms with Gasteiger partial charge in [-0.15, -0.1) is 0 Å². The number of methoxy groups -OCH3 is 1. The Morgan fingerprint density at radius 3 is 2.79 bits per heavy atom. The van der Waals surface area contributed by atoms with E-state index in [0.29, 0.717) is 5.75 Å². The highest BCUT2D eigenvalue weighted by molar-refractivity contribution is 5.86. The minimum atomic E-state index is -0.554. The maximum absolute atomic E-state index is 11.2. The minimum absolute atomic E-state index is 0.0653. The van der Waals surface area contributed by atoms with Gasteiger partial charge in [-0.3, -0.25) is 0 Å². The molecule has 0 spiro atoms. The molecule has 1 aromatic heterocycles. The van der Waals surface area contributed by atoms with Crippen LogP contribution in [-0.2, 0) is 11.3 Å². The Labute approximate surface area is 109 Å². The average Bonchev–Trinajstić information content (AvgIpc) is 2.47. The molecule has 0 radical (unpaired) electrons. The third-order valence-corrected chi connectivity index (χ3v) is 2.33. The number of rotatable bonds is 4. The van der Waals surface area contributed by atoms with Gasteiger partial charge >= 0.3 is 5.97 Å². The summed E-state index contributed by atoms with van der Waals surface area (Å²) in [4.78, 5) is 19.0. The molecule has 98 valence electrons. The predicted octanol–water partition coefficient (Wildman–Crippen LogP) is 1.55. The molecule has 0 aliphatic heterocycles. The maximum atomic E-state index is 11.2. The van der Waals surface area contributed by atoms with Crippen molar-refractivity contribution in [2.75, 3.05) is 7.11 Å². The monoisotopic (exact) mass is 260 g/mol. The first-order valence-corrected chi connectivity index (χ1v) is 5.51. The minimum Gasteiger partial charge on any atom is -0.464 e. The summed E-state index contributed by atoms with van der Waals surface area (Å²) in [5.74, 6) is 0.232. The molecule has 6 nitrogen and oxygen atoms in total. The Balaban J connectivity index is 2.12. The van der Waals surface area contributed by atoms with E-state index in [9.17, 15) is 4.79 Å². The van der Waals surface area contributed by atoms with Crippen molar-refractivity contribution in [1.29, 1.82) is 0 Å². The van der Waals surface area contributed by atoms with Crippen molar-refractivity contribution in [3.05, 3.63) is 47.9 Å². The van der Waals surface area contributed by atoms with E-state index in [4.69, 9.17) is 9.84 Å². The van der Waals surface area contributed by atoms with Gasteiger partial charge in [0.25, 0.3) is 0 Å². The molecule has 2 aromatic rings. The summed E-state index contributed by atoms with van der Waals surface area (Å²) >= 11 is 0. The van der Waals surface area contributed by atoms with Crippen molar-refractivity contribution in [1.82, 2.24) is 9.97 Å². The van der Waals surface area contributed by atoms with Crippen LogP contribution in [0.1, 0.15) is 16.1 Å². The van der Waals surface area contributed by atoms with Crippen molar-refractivity contribution >= 4 is 5.97 Å². The first-order valence-electron chi connectivity index (χ1n) is 5.51. The highest BCUT2D eigenvalue weighted by Crippen LogP contribution is 2.19. The second-order valence-electron chi connectivity index (χ2n) is 3.64. The molecule has 0 atom stereocenters. The summed E-state index contributed by atoms with van der Waals surface area (Å²) in [7, 11) is 1.27. The summed E-state index contributed by atoms with van der Waals surface area (Å²) in [6.45, 7) is -0.0653. The van der Waals surface area contributed by atoms with E-state index in [1.54, 1.807) is 24.3 Å². The lowest BCUT2D eigenvalue weighted by Gasteiger charge is -2.05. The summed E-state index contributed by atoms with van der Waals surface area (Å²) < 4.78 is 9.97. The van der Waals surface area contributed by atoms with Gasteiger partial charge in [0, 0.05) is 0 Å². The molecule has 0 saturated carbocycles. The standard InChI is InChI=1S/C13H12N2O4/c1-18-13(17)11-6-15-12(7-14-11)19-10-4-2-3-9(5-10)8-16/h2-7,16H,8H2,1H3. The van der Waals surface area contributed by atoms with Crippen LogP contribution >= 0.6 is 0 Å². The van der Waals surface area contributed by atoms with Crippen LogP contribution in [0, 0.1) is 0 Å². The maximum Gasteiger partial charge on any atom is 0.358 e. The lowest BCUT2D eigenvalue weighted by Crippen LogP contribution is -2.04. The van der Waals surface area contributed by atoms with Gasteiger partial charge in [0.05, 0.1) is 26.1 Å². The molecule has 0 saturated heterocycles. The van der Waals surface area contributed by atoms with Crippen molar-refractivity contribution in [3.63, 3.8) is 0 Å². The summed E-state index contributed by atoms with van der Waals surface area (Å²) in [6, 6.07) is 6.96. The van der Waals surface area contributed by atoms with E-state index < -0.39 is 5.97 Å². The number of ether oxygens (including phenoxy) is 2. The molecule has 0 amide bonds. The smallest absolute Gasteiger partial charge is 0.358 e. The lowest BCUT2D eigenvalue weighted by molar-refractivity contribution is 0.0593.